The lowest BCUT2D eigenvalue weighted by Gasteiger charge is -2.57. The van der Waals surface area contributed by atoms with Crippen molar-refractivity contribution in [3.63, 3.8) is 0 Å². The molecule has 1 aliphatic rings. The summed E-state index contributed by atoms with van der Waals surface area (Å²) in [7, 11) is -4.83. The van der Waals surface area contributed by atoms with Gasteiger partial charge < -0.3 is 9.16 Å². The maximum absolute atomic E-state index is 11.8. The van der Waals surface area contributed by atoms with Gasteiger partial charge in [-0.3, -0.25) is 0 Å². The van der Waals surface area contributed by atoms with Crippen LogP contribution in [0.4, 0.5) is 0 Å². The zero-order chi connectivity index (χ0) is 16.5. The summed E-state index contributed by atoms with van der Waals surface area (Å²) in [4.78, 5) is 11.8. The van der Waals surface area contributed by atoms with Gasteiger partial charge in [-0.05, 0) is 32.9 Å². The average Bonchev–Trinajstić information content (AvgIpc) is 2.30. The van der Waals surface area contributed by atoms with Gasteiger partial charge in [0.25, 0.3) is 0 Å². The second-order valence-electron chi connectivity index (χ2n) is 8.16. The first kappa shape index (κ1) is 18.9. The first-order valence-corrected chi connectivity index (χ1v) is 18.6. The van der Waals surface area contributed by atoms with Crippen molar-refractivity contribution in [2.75, 3.05) is 6.61 Å². The molecule has 1 fully saturated rings. The molecule has 0 bridgehead atoms. The van der Waals surface area contributed by atoms with Crippen LogP contribution in [0.3, 0.4) is 0 Å². The number of carbonyl (C=O) groups is 1. The second kappa shape index (κ2) is 6.14. The molecule has 1 aliphatic heterocycles. The third kappa shape index (κ3) is 3.97. The Balaban J connectivity index is 3.04. The Bertz CT molecular complexity index is 430. The molecular weight excluding hydrogens is 312 g/mol. The average molecular weight is 345 g/mol. The predicted octanol–water partition coefficient (Wildman–Crippen LogP) is 3.99. The van der Waals surface area contributed by atoms with Crippen LogP contribution < -0.4 is 0 Å². The van der Waals surface area contributed by atoms with Gasteiger partial charge in [-0.15, -0.1) is 0 Å². The van der Waals surface area contributed by atoms with Gasteiger partial charge in [-0.25, -0.2) is 4.79 Å². The van der Waals surface area contributed by atoms with Crippen LogP contribution in [-0.4, -0.2) is 40.7 Å². The van der Waals surface area contributed by atoms with Crippen molar-refractivity contribution in [2.24, 2.45) is 0 Å². The summed E-state index contributed by atoms with van der Waals surface area (Å²) < 4.78 is 11.8. The van der Waals surface area contributed by atoms with Crippen molar-refractivity contribution < 1.29 is 14.0 Å². The minimum Gasteiger partial charge on any atom is -0.463 e. The third-order valence-electron chi connectivity index (χ3n) is 5.27. The van der Waals surface area contributed by atoms with Crippen molar-refractivity contribution in [3.05, 3.63) is 11.8 Å². The molecular formula is C15H32O3Si3. The summed E-state index contributed by atoms with van der Waals surface area (Å²) in [6.07, 6.45) is 2.50. The van der Waals surface area contributed by atoms with E-state index >= 15 is 0 Å². The highest BCUT2D eigenvalue weighted by molar-refractivity contribution is 7.68. The van der Waals surface area contributed by atoms with Crippen molar-refractivity contribution >= 4 is 28.5 Å². The lowest BCUT2D eigenvalue weighted by Crippen LogP contribution is -2.78. The smallest absolute Gasteiger partial charge is 0.330 e. The normalized spacial score (nSPS) is 30.3. The molecule has 0 aromatic heterocycles. The molecule has 0 spiro atoms. The van der Waals surface area contributed by atoms with Gasteiger partial charge in [0.15, 0.2) is 7.83 Å². The second-order valence-corrected chi connectivity index (χ2v) is 34.3. The number of hydrogen-bond donors (Lipinski definition) is 0. The van der Waals surface area contributed by atoms with Crippen LogP contribution in [0.15, 0.2) is 11.8 Å². The van der Waals surface area contributed by atoms with E-state index in [2.05, 4.69) is 52.3 Å². The van der Waals surface area contributed by atoms with Crippen LogP contribution in [0.1, 0.15) is 27.2 Å². The lowest BCUT2D eigenvalue weighted by atomic mass is 10.2. The molecule has 0 radical (unpaired) electrons. The van der Waals surface area contributed by atoms with Crippen LogP contribution in [0.2, 0.25) is 38.8 Å². The number of ether oxygens (including phenoxy) is 1. The van der Waals surface area contributed by atoms with Crippen molar-refractivity contribution in [1.29, 1.82) is 0 Å². The molecule has 1 unspecified atom stereocenters. The van der Waals surface area contributed by atoms with Crippen molar-refractivity contribution in [2.45, 2.75) is 71.6 Å². The highest BCUT2D eigenvalue weighted by Gasteiger charge is 2.61. The highest BCUT2D eigenvalue weighted by atomic mass is 29.6. The minimum atomic E-state index is -2.02. The van der Waals surface area contributed by atoms with Crippen LogP contribution in [-0.2, 0) is 14.0 Å². The molecule has 6 heteroatoms. The van der Waals surface area contributed by atoms with E-state index in [0.29, 0.717) is 6.61 Å². The Morgan fingerprint density at radius 2 is 1.81 bits per heavy atom. The number of rotatable bonds is 4. The topological polar surface area (TPSA) is 35.5 Å². The summed E-state index contributed by atoms with van der Waals surface area (Å²) in [5.74, 6) is -0.221. The molecule has 0 aromatic rings. The Morgan fingerprint density at radius 1 is 1.24 bits per heavy atom. The Hall–Kier alpha value is -0.179. The van der Waals surface area contributed by atoms with Crippen LogP contribution >= 0.6 is 0 Å². The summed E-state index contributed by atoms with van der Waals surface area (Å²) in [6.45, 7) is 19.2. The molecule has 1 heterocycles. The van der Waals surface area contributed by atoms with E-state index in [-0.39, 0.29) is 11.6 Å². The molecule has 0 amide bonds. The first-order chi connectivity index (χ1) is 9.37. The maximum atomic E-state index is 11.8. The number of hydrogen-bond acceptors (Lipinski definition) is 3. The molecule has 0 saturated carbocycles. The zero-order valence-corrected chi connectivity index (χ0v) is 18.0. The summed E-state index contributed by atoms with van der Waals surface area (Å²) in [5, 5.41) is 0. The van der Waals surface area contributed by atoms with E-state index in [0.717, 1.165) is 6.42 Å². The fourth-order valence-electron chi connectivity index (χ4n) is 3.41. The summed E-state index contributed by atoms with van der Waals surface area (Å²) in [5.41, 5.74) is 2.06. The number of esters is 1. The molecule has 1 atom stereocenters. The molecule has 0 aliphatic carbocycles. The van der Waals surface area contributed by atoms with Gasteiger partial charge >= 0.3 is 5.97 Å². The summed E-state index contributed by atoms with van der Waals surface area (Å²) in [6, 6.07) is 1.22. The predicted molar refractivity (Wildman–Crippen MR) is 96.9 cm³/mol. The van der Waals surface area contributed by atoms with Crippen LogP contribution in [0.25, 0.3) is 0 Å². The monoisotopic (exact) mass is 344 g/mol. The molecule has 3 nitrogen and oxygen atoms in total. The number of carbonyl (C=O) groups excluding carboxylic acids is 1. The fraction of sp³-hybridized carbons (Fsp3) is 0.800. The van der Waals surface area contributed by atoms with Crippen molar-refractivity contribution in [3.8, 4) is 0 Å². The van der Waals surface area contributed by atoms with Gasteiger partial charge in [-0.1, -0.05) is 38.8 Å². The maximum Gasteiger partial charge on any atom is 0.330 e. The van der Waals surface area contributed by atoms with Crippen LogP contribution in [0.5, 0.6) is 0 Å². The van der Waals surface area contributed by atoms with Gasteiger partial charge in [0, 0.05) is 19.3 Å². The van der Waals surface area contributed by atoms with Gasteiger partial charge in [0.05, 0.1) is 13.7 Å². The Labute approximate surface area is 132 Å². The molecule has 122 valence electrons. The van der Waals surface area contributed by atoms with E-state index in [1.165, 1.54) is 6.04 Å². The molecule has 0 aromatic carbocycles. The zero-order valence-electron chi connectivity index (χ0n) is 15.0. The largest absolute Gasteiger partial charge is 0.463 e. The molecule has 21 heavy (non-hydrogen) atoms. The Morgan fingerprint density at radius 3 is 2.33 bits per heavy atom. The van der Waals surface area contributed by atoms with Crippen LogP contribution in [0, 0.1) is 0 Å². The van der Waals surface area contributed by atoms with E-state index in [9.17, 15) is 4.79 Å². The molecule has 0 N–H and O–H groups in total. The van der Waals surface area contributed by atoms with Gasteiger partial charge in [-0.2, -0.15) is 0 Å². The van der Waals surface area contributed by atoms with E-state index in [1.54, 1.807) is 6.08 Å². The lowest BCUT2D eigenvalue weighted by molar-refractivity contribution is -0.137. The van der Waals surface area contributed by atoms with Gasteiger partial charge in [0.2, 0.25) is 0 Å². The summed E-state index contributed by atoms with van der Waals surface area (Å²) >= 11 is 0. The molecule has 1 saturated heterocycles. The minimum absolute atomic E-state index is 0.0587. The highest BCUT2D eigenvalue weighted by Crippen LogP contribution is 2.44. The quantitative estimate of drug-likeness (QED) is 0.439. The molecule has 1 rings (SSSR count). The van der Waals surface area contributed by atoms with E-state index in [1.807, 2.05) is 6.92 Å². The SMILES string of the molecule is CCCOC(=O)C=C[Si]1(C)OC(C)(C)C[Si](C)(C)[Si]1(C)C. The fourth-order valence-corrected chi connectivity index (χ4v) is 33.8. The van der Waals surface area contributed by atoms with Gasteiger partial charge in [0.1, 0.15) is 0 Å². The third-order valence-corrected chi connectivity index (χ3v) is 44.1. The van der Waals surface area contributed by atoms with E-state index < -0.39 is 22.5 Å². The van der Waals surface area contributed by atoms with E-state index in [4.69, 9.17) is 9.16 Å². The Kier molecular flexibility index (Phi) is 5.51. The first-order valence-electron chi connectivity index (χ1n) is 7.93. The standard InChI is InChI=1S/C15H32O3Si3/c1-9-11-17-14(16)10-12-21(8)18-15(2,3)13-19(4,5)20(21,6)7/h10,12H,9,11,13H2,1-8H3. The van der Waals surface area contributed by atoms with Crippen molar-refractivity contribution in [1.82, 2.24) is 0 Å².